The quantitative estimate of drug-likeness (QED) is 0.462. The van der Waals surface area contributed by atoms with Crippen LogP contribution in [-0.2, 0) is 26.7 Å². The third kappa shape index (κ3) is 6.96. The monoisotopic (exact) mass is 514 g/mol. The first kappa shape index (κ1) is 28.4. The maximum absolute atomic E-state index is 13.7. The first-order chi connectivity index (χ1) is 17.0. The topological polar surface area (TPSA) is 75.7 Å². The number of carbonyl (C=O) groups excluding carboxylic acids is 1. The number of hydrogen-bond acceptors (Lipinski definition) is 5. The number of ketones is 1. The Bertz CT molecular complexity index is 1110. The number of likely N-dealkylation sites (N-methyl/N-ethyl adjacent to an activating group) is 1. The molecule has 1 aliphatic heterocycles. The molecule has 7 heteroatoms. The fourth-order valence-electron chi connectivity index (χ4n) is 5.00. The molecule has 3 rings (SSSR count). The molecule has 0 spiro atoms. The van der Waals surface area contributed by atoms with E-state index in [1.165, 1.54) is 5.56 Å². The molecule has 3 atom stereocenters. The smallest absolute Gasteiger partial charge is 0.211 e. The van der Waals surface area contributed by atoms with Crippen LogP contribution in [0.1, 0.15) is 69.7 Å². The average Bonchev–Trinajstić information content (AvgIpc) is 3.08. The molecule has 2 aromatic carbocycles. The summed E-state index contributed by atoms with van der Waals surface area (Å²) in [4.78, 5) is 15.7. The molecular formula is C29H42N2O4S. The molecule has 1 saturated heterocycles. The van der Waals surface area contributed by atoms with Crippen molar-refractivity contribution < 1.29 is 17.9 Å². The second kappa shape index (κ2) is 11.9. The first-order valence-electron chi connectivity index (χ1n) is 12.9. The lowest BCUT2D eigenvalue weighted by molar-refractivity contribution is -0.122. The van der Waals surface area contributed by atoms with Crippen molar-refractivity contribution in [2.75, 3.05) is 26.5 Å². The van der Waals surface area contributed by atoms with Crippen LogP contribution < -0.4 is 9.46 Å². The van der Waals surface area contributed by atoms with Crippen LogP contribution in [0.2, 0.25) is 0 Å². The molecule has 198 valence electrons. The summed E-state index contributed by atoms with van der Waals surface area (Å²) in [6.07, 6.45) is 2.88. The highest BCUT2D eigenvalue weighted by Crippen LogP contribution is 2.40. The number of nitrogens with one attached hydrogen (secondary N) is 1. The number of carbonyl (C=O) groups is 1. The van der Waals surface area contributed by atoms with Crippen molar-refractivity contribution in [1.82, 2.24) is 9.62 Å². The van der Waals surface area contributed by atoms with Crippen LogP contribution in [-0.4, -0.2) is 51.6 Å². The van der Waals surface area contributed by atoms with Gasteiger partial charge in [-0.05, 0) is 60.5 Å². The highest BCUT2D eigenvalue weighted by molar-refractivity contribution is 7.89. The van der Waals surface area contributed by atoms with Crippen LogP contribution in [0, 0.1) is 5.92 Å². The number of rotatable bonds is 11. The first-order valence-corrected chi connectivity index (χ1v) is 14.6. The van der Waals surface area contributed by atoms with Crippen molar-refractivity contribution in [3.63, 3.8) is 0 Å². The predicted molar refractivity (Wildman–Crippen MR) is 146 cm³/mol. The summed E-state index contributed by atoms with van der Waals surface area (Å²) in [5, 5.41) is 0. The van der Waals surface area contributed by atoms with Gasteiger partial charge in [-0.3, -0.25) is 9.69 Å². The van der Waals surface area contributed by atoms with E-state index in [0.717, 1.165) is 29.7 Å². The van der Waals surface area contributed by atoms with Crippen LogP contribution in [0.15, 0.2) is 48.5 Å². The highest BCUT2D eigenvalue weighted by atomic mass is 32.2. The van der Waals surface area contributed by atoms with E-state index in [0.29, 0.717) is 12.8 Å². The zero-order chi connectivity index (χ0) is 26.5. The Morgan fingerprint density at radius 2 is 1.67 bits per heavy atom. The molecule has 0 bridgehead atoms. The molecule has 1 aliphatic rings. The number of Topliss-reactive ketones (excluding diaryl/α,β-unsaturated/α-hetero) is 1. The van der Waals surface area contributed by atoms with Crippen LogP contribution in [0.25, 0.3) is 0 Å². The highest BCUT2D eigenvalue weighted by Gasteiger charge is 2.46. The van der Waals surface area contributed by atoms with E-state index in [4.69, 9.17) is 4.74 Å². The Balaban J connectivity index is 1.84. The number of hydrogen-bond donors (Lipinski definition) is 1. The number of unbranched alkanes of at least 4 members (excludes halogenated alkanes) is 1. The Kier molecular flexibility index (Phi) is 9.36. The second-order valence-electron chi connectivity index (χ2n) is 10.9. The number of likely N-dealkylation sites (tertiary alicyclic amines) is 1. The van der Waals surface area contributed by atoms with Gasteiger partial charge in [0.05, 0.1) is 18.9 Å². The molecule has 36 heavy (non-hydrogen) atoms. The summed E-state index contributed by atoms with van der Waals surface area (Å²) in [5.41, 5.74) is 3.53. The fraction of sp³-hybridized carbons (Fsp3) is 0.552. The maximum Gasteiger partial charge on any atom is 0.211 e. The SMILES string of the molecule is CCCCS(=O)(=O)NC[C@H]1C(=O)C(CCc2ccc(OC)cc2)[C@H](c2ccc(C(C)(C)C)cc2)N1C. The molecule has 0 saturated carbocycles. The van der Waals surface area contributed by atoms with Crippen molar-refractivity contribution >= 4 is 15.8 Å². The summed E-state index contributed by atoms with van der Waals surface area (Å²) < 4.78 is 32.8. The lowest BCUT2D eigenvalue weighted by Crippen LogP contribution is -2.42. The summed E-state index contributed by atoms with van der Waals surface area (Å²) >= 11 is 0. The number of methoxy groups -OCH3 is 1. The summed E-state index contributed by atoms with van der Waals surface area (Å²) in [5.74, 6) is 0.784. The van der Waals surface area contributed by atoms with Gasteiger partial charge in [-0.2, -0.15) is 0 Å². The largest absolute Gasteiger partial charge is 0.497 e. The molecule has 0 radical (unpaired) electrons. The average molecular weight is 515 g/mol. The van der Waals surface area contributed by atoms with Gasteiger partial charge in [-0.15, -0.1) is 0 Å². The number of benzene rings is 2. The van der Waals surface area contributed by atoms with Crippen LogP contribution in [0.4, 0.5) is 0 Å². The molecule has 1 fully saturated rings. The van der Waals surface area contributed by atoms with Gasteiger partial charge in [0.15, 0.2) is 5.78 Å². The molecule has 6 nitrogen and oxygen atoms in total. The maximum atomic E-state index is 13.7. The molecular weight excluding hydrogens is 472 g/mol. The third-order valence-electron chi connectivity index (χ3n) is 7.29. The molecule has 2 aromatic rings. The van der Waals surface area contributed by atoms with Gasteiger partial charge in [0.1, 0.15) is 5.75 Å². The van der Waals surface area contributed by atoms with E-state index in [9.17, 15) is 13.2 Å². The van der Waals surface area contributed by atoms with Gasteiger partial charge >= 0.3 is 0 Å². The van der Waals surface area contributed by atoms with Gasteiger partial charge in [0.25, 0.3) is 0 Å². The van der Waals surface area contributed by atoms with Gasteiger partial charge in [0.2, 0.25) is 10.0 Å². The molecule has 0 aromatic heterocycles. The van der Waals surface area contributed by atoms with Gasteiger partial charge in [-0.25, -0.2) is 13.1 Å². The Morgan fingerprint density at radius 3 is 2.22 bits per heavy atom. The summed E-state index contributed by atoms with van der Waals surface area (Å²) in [6, 6.07) is 15.9. The molecule has 1 heterocycles. The molecule has 1 N–H and O–H groups in total. The Hall–Kier alpha value is -2.22. The molecule has 0 amide bonds. The number of aryl methyl sites for hydroxylation is 1. The van der Waals surface area contributed by atoms with Crippen LogP contribution in [0.3, 0.4) is 0 Å². The lowest BCUT2D eigenvalue weighted by Gasteiger charge is -2.28. The molecule has 0 aliphatic carbocycles. The van der Waals surface area contributed by atoms with Crippen molar-refractivity contribution in [3.05, 3.63) is 65.2 Å². The van der Waals surface area contributed by atoms with E-state index in [1.54, 1.807) is 7.11 Å². The Labute approximate surface area is 217 Å². The van der Waals surface area contributed by atoms with E-state index < -0.39 is 16.1 Å². The summed E-state index contributed by atoms with van der Waals surface area (Å²) in [6.45, 7) is 8.63. The minimum absolute atomic E-state index is 0.0446. The van der Waals surface area contributed by atoms with Gasteiger partial charge in [0, 0.05) is 18.5 Å². The summed E-state index contributed by atoms with van der Waals surface area (Å²) in [7, 11) is 0.188. The van der Waals surface area contributed by atoms with Crippen molar-refractivity contribution in [3.8, 4) is 5.75 Å². The standard InChI is InChI=1S/C29H42N2O4S/c1-7-8-19-36(33,34)30-20-26-28(32)25(18-11-21-9-16-24(35-6)17-10-21)27(31(26)5)22-12-14-23(15-13-22)29(2,3)4/h9-10,12-17,25-27,30H,7-8,11,18-20H2,1-6H3/t25?,26-,27-/m0/s1. The minimum atomic E-state index is -3.40. The number of ether oxygens (including phenoxy) is 1. The zero-order valence-electron chi connectivity index (χ0n) is 22.6. The van der Waals surface area contributed by atoms with E-state index in [-0.39, 0.29) is 35.5 Å². The van der Waals surface area contributed by atoms with Crippen molar-refractivity contribution in [1.29, 1.82) is 0 Å². The minimum Gasteiger partial charge on any atom is -0.497 e. The van der Waals surface area contributed by atoms with Gasteiger partial charge < -0.3 is 4.74 Å². The van der Waals surface area contributed by atoms with Gasteiger partial charge in [-0.1, -0.05) is 70.5 Å². The van der Waals surface area contributed by atoms with Crippen LogP contribution in [0.5, 0.6) is 5.75 Å². The third-order valence-corrected chi connectivity index (χ3v) is 8.72. The van der Waals surface area contributed by atoms with Crippen molar-refractivity contribution in [2.45, 2.75) is 70.9 Å². The Morgan fingerprint density at radius 1 is 1.03 bits per heavy atom. The van der Waals surface area contributed by atoms with E-state index in [2.05, 4.69) is 54.7 Å². The lowest BCUT2D eigenvalue weighted by atomic mass is 9.84. The predicted octanol–water partition coefficient (Wildman–Crippen LogP) is 4.89. The van der Waals surface area contributed by atoms with E-state index in [1.807, 2.05) is 38.2 Å². The zero-order valence-corrected chi connectivity index (χ0v) is 23.4. The van der Waals surface area contributed by atoms with Crippen LogP contribution >= 0.6 is 0 Å². The normalized spacial score (nSPS) is 21.2. The van der Waals surface area contributed by atoms with Crippen molar-refractivity contribution in [2.24, 2.45) is 5.92 Å². The fourth-order valence-corrected chi connectivity index (χ4v) is 6.23. The number of sulfonamides is 1. The molecule has 1 unspecified atom stereocenters. The van der Waals surface area contributed by atoms with E-state index >= 15 is 0 Å². The number of nitrogens with zero attached hydrogens (tertiary/aromatic N) is 1. The second-order valence-corrected chi connectivity index (χ2v) is 12.8.